The molecule has 0 aliphatic carbocycles. The van der Waals surface area contributed by atoms with Gasteiger partial charge in [0, 0.05) is 19.5 Å². The highest BCUT2D eigenvalue weighted by molar-refractivity contribution is 9.10. The molecule has 0 saturated carbocycles. The molecule has 0 bridgehead atoms. The molecule has 1 aromatic rings. The van der Waals surface area contributed by atoms with Crippen LogP contribution in [-0.4, -0.2) is 43.4 Å². The molecule has 3 nitrogen and oxygen atoms in total. The summed E-state index contributed by atoms with van der Waals surface area (Å²) >= 11 is 3.08. The van der Waals surface area contributed by atoms with Gasteiger partial charge in [-0.25, -0.2) is 8.78 Å². The van der Waals surface area contributed by atoms with Crippen LogP contribution in [0.5, 0.6) is 11.5 Å². The van der Waals surface area contributed by atoms with Gasteiger partial charge in [0.15, 0.2) is 0 Å². The van der Waals surface area contributed by atoms with E-state index < -0.39 is 12.3 Å². The molecule has 0 atom stereocenters. The average Bonchev–Trinajstić information content (AvgIpc) is 2.70. The van der Waals surface area contributed by atoms with Crippen LogP contribution < -0.4 is 9.47 Å². The van der Waals surface area contributed by atoms with E-state index in [9.17, 15) is 22.0 Å². The predicted octanol–water partition coefficient (Wildman–Crippen LogP) is 4.07. The zero-order chi connectivity index (χ0) is 16.4. The highest BCUT2D eigenvalue weighted by Crippen LogP contribution is 2.32. The first-order chi connectivity index (χ1) is 10.1. The summed E-state index contributed by atoms with van der Waals surface area (Å²) < 4.78 is 71.7. The van der Waals surface area contributed by atoms with Crippen LogP contribution in [0.2, 0.25) is 0 Å². The number of ether oxygens (including phenoxy) is 2. The van der Waals surface area contributed by atoms with Crippen molar-refractivity contribution in [1.82, 2.24) is 4.90 Å². The Kier molecular flexibility index (Phi) is 5.16. The van der Waals surface area contributed by atoms with Crippen molar-refractivity contribution in [1.29, 1.82) is 0 Å². The first-order valence-electron chi connectivity index (χ1n) is 6.43. The Morgan fingerprint density at radius 2 is 2.00 bits per heavy atom. The Bertz CT molecular complexity index is 524. The molecule has 9 heteroatoms. The number of halogens is 6. The summed E-state index contributed by atoms with van der Waals surface area (Å²) in [6, 6.07) is 3.58. The van der Waals surface area contributed by atoms with Gasteiger partial charge >= 0.3 is 6.36 Å². The Balaban J connectivity index is 1.83. The summed E-state index contributed by atoms with van der Waals surface area (Å²) in [7, 11) is 0. The molecule has 1 aromatic carbocycles. The number of alkyl halides is 5. The normalized spacial score (nSPS) is 18.5. The van der Waals surface area contributed by atoms with Crippen molar-refractivity contribution in [2.24, 2.45) is 0 Å². The van der Waals surface area contributed by atoms with Gasteiger partial charge in [-0.05, 0) is 34.1 Å². The topological polar surface area (TPSA) is 21.7 Å². The lowest BCUT2D eigenvalue weighted by molar-refractivity contribution is -0.274. The van der Waals surface area contributed by atoms with E-state index in [1.165, 1.54) is 6.07 Å². The van der Waals surface area contributed by atoms with E-state index in [0.717, 1.165) is 12.1 Å². The molecule has 0 unspecified atom stereocenters. The molecule has 1 aliphatic heterocycles. The molecule has 0 aromatic heterocycles. The highest BCUT2D eigenvalue weighted by Gasteiger charge is 2.37. The van der Waals surface area contributed by atoms with Gasteiger partial charge in [-0.1, -0.05) is 0 Å². The third kappa shape index (κ3) is 5.28. The molecule has 0 spiro atoms. The maximum atomic E-state index is 13.0. The Hall–Kier alpha value is -1.09. The summed E-state index contributed by atoms with van der Waals surface area (Å²) in [4.78, 5) is 1.58. The second-order valence-corrected chi connectivity index (χ2v) is 5.72. The molecule has 0 radical (unpaired) electrons. The third-order valence-electron chi connectivity index (χ3n) is 3.05. The second kappa shape index (κ2) is 6.57. The Labute approximate surface area is 132 Å². The minimum absolute atomic E-state index is 0.161. The first kappa shape index (κ1) is 17.3. The van der Waals surface area contributed by atoms with Crippen LogP contribution in [0.15, 0.2) is 22.7 Å². The first-order valence-corrected chi connectivity index (χ1v) is 7.22. The van der Waals surface area contributed by atoms with Crippen molar-refractivity contribution < 1.29 is 31.4 Å². The van der Waals surface area contributed by atoms with Crippen molar-refractivity contribution in [3.05, 3.63) is 22.7 Å². The lowest BCUT2D eigenvalue weighted by Crippen LogP contribution is -2.29. The van der Waals surface area contributed by atoms with Gasteiger partial charge < -0.3 is 9.47 Å². The Morgan fingerprint density at radius 3 is 2.55 bits per heavy atom. The number of benzene rings is 1. The van der Waals surface area contributed by atoms with E-state index in [0.29, 0.717) is 23.3 Å². The standard InChI is InChI=1S/C13H13BrF5NO2/c14-10-7-9(22-13(17,18)19)1-2-11(10)21-6-5-20-4-3-12(15,16)8-20/h1-2,7H,3-6,8H2. The molecule has 2 rings (SSSR count). The van der Waals surface area contributed by atoms with Gasteiger partial charge in [0.2, 0.25) is 0 Å². The van der Waals surface area contributed by atoms with Crippen LogP contribution in [0.25, 0.3) is 0 Å². The molecular weight excluding hydrogens is 377 g/mol. The van der Waals surface area contributed by atoms with Crippen LogP contribution >= 0.6 is 15.9 Å². The zero-order valence-electron chi connectivity index (χ0n) is 11.3. The lowest BCUT2D eigenvalue weighted by Gasteiger charge is -2.16. The van der Waals surface area contributed by atoms with E-state index >= 15 is 0 Å². The fourth-order valence-electron chi connectivity index (χ4n) is 2.08. The van der Waals surface area contributed by atoms with E-state index in [1.54, 1.807) is 4.90 Å². The van der Waals surface area contributed by atoms with Gasteiger partial charge in [0.1, 0.15) is 18.1 Å². The highest BCUT2D eigenvalue weighted by atomic mass is 79.9. The molecule has 1 heterocycles. The van der Waals surface area contributed by atoms with Gasteiger partial charge in [-0.3, -0.25) is 4.90 Å². The molecule has 22 heavy (non-hydrogen) atoms. The van der Waals surface area contributed by atoms with Gasteiger partial charge in [0.25, 0.3) is 5.92 Å². The number of nitrogens with zero attached hydrogens (tertiary/aromatic N) is 1. The molecular formula is C13H13BrF5NO2. The fraction of sp³-hybridized carbons (Fsp3) is 0.538. The molecule has 1 fully saturated rings. The maximum absolute atomic E-state index is 13.0. The van der Waals surface area contributed by atoms with Crippen molar-refractivity contribution >= 4 is 15.9 Å². The smallest absolute Gasteiger partial charge is 0.491 e. The van der Waals surface area contributed by atoms with E-state index in [2.05, 4.69) is 20.7 Å². The molecule has 1 aliphatic rings. The number of rotatable bonds is 5. The van der Waals surface area contributed by atoms with Crippen LogP contribution in [0.1, 0.15) is 6.42 Å². The van der Waals surface area contributed by atoms with E-state index in [1.807, 2.05) is 0 Å². The summed E-state index contributed by atoms with van der Waals surface area (Å²) in [5.74, 6) is -2.71. The number of hydrogen-bond acceptors (Lipinski definition) is 3. The van der Waals surface area contributed by atoms with E-state index in [-0.39, 0.29) is 25.3 Å². The third-order valence-corrected chi connectivity index (χ3v) is 3.67. The van der Waals surface area contributed by atoms with Crippen molar-refractivity contribution in [2.45, 2.75) is 18.7 Å². The predicted molar refractivity (Wildman–Crippen MR) is 72.3 cm³/mol. The maximum Gasteiger partial charge on any atom is 0.573 e. The summed E-state index contributed by atoms with van der Waals surface area (Å²) in [6.07, 6.45) is -4.93. The monoisotopic (exact) mass is 389 g/mol. The molecule has 0 N–H and O–H groups in total. The van der Waals surface area contributed by atoms with Crippen LogP contribution in [-0.2, 0) is 0 Å². The largest absolute Gasteiger partial charge is 0.573 e. The Morgan fingerprint density at radius 1 is 1.27 bits per heavy atom. The quantitative estimate of drug-likeness (QED) is 0.708. The van der Waals surface area contributed by atoms with Crippen LogP contribution in [0.3, 0.4) is 0 Å². The van der Waals surface area contributed by atoms with Crippen LogP contribution in [0.4, 0.5) is 22.0 Å². The van der Waals surface area contributed by atoms with Crippen LogP contribution in [0, 0.1) is 0 Å². The minimum atomic E-state index is -4.76. The van der Waals surface area contributed by atoms with E-state index in [4.69, 9.17) is 4.74 Å². The molecule has 0 amide bonds. The average molecular weight is 390 g/mol. The number of hydrogen-bond donors (Lipinski definition) is 0. The van der Waals surface area contributed by atoms with Gasteiger partial charge in [0.05, 0.1) is 11.0 Å². The zero-order valence-corrected chi connectivity index (χ0v) is 12.9. The van der Waals surface area contributed by atoms with Gasteiger partial charge in [-0.15, -0.1) is 13.2 Å². The lowest BCUT2D eigenvalue weighted by atomic mass is 10.3. The number of likely N-dealkylation sites (tertiary alicyclic amines) is 1. The molecule has 1 saturated heterocycles. The van der Waals surface area contributed by atoms with Crippen molar-refractivity contribution in [2.75, 3.05) is 26.2 Å². The van der Waals surface area contributed by atoms with Gasteiger partial charge in [-0.2, -0.15) is 0 Å². The fourth-order valence-corrected chi connectivity index (χ4v) is 2.55. The SMILES string of the molecule is FC1(F)CCN(CCOc2ccc(OC(F)(F)F)cc2Br)C1. The summed E-state index contributed by atoms with van der Waals surface area (Å²) in [6.45, 7) is 0.489. The van der Waals surface area contributed by atoms with Crippen molar-refractivity contribution in [3.8, 4) is 11.5 Å². The summed E-state index contributed by atoms with van der Waals surface area (Å²) in [5.41, 5.74) is 0. The second-order valence-electron chi connectivity index (χ2n) is 4.87. The molecule has 124 valence electrons. The minimum Gasteiger partial charge on any atom is -0.491 e. The van der Waals surface area contributed by atoms with Crippen molar-refractivity contribution in [3.63, 3.8) is 0 Å². The summed E-state index contributed by atoms with van der Waals surface area (Å²) in [5, 5.41) is 0.